The van der Waals surface area contributed by atoms with E-state index in [1.54, 1.807) is 0 Å². The Bertz CT molecular complexity index is 1590. The second-order valence-corrected chi connectivity index (χ2v) is 10.6. The summed E-state index contributed by atoms with van der Waals surface area (Å²) >= 11 is 0. The lowest BCUT2D eigenvalue weighted by Crippen LogP contribution is -2.40. The van der Waals surface area contributed by atoms with Crippen LogP contribution in [-0.4, -0.2) is 62.1 Å². The Labute approximate surface area is 214 Å². The first-order valence-electron chi connectivity index (χ1n) is 12.0. The average molecular weight is 522 g/mol. The molecular formula is C27H27N3O6S. The number of anilines is 1. The van der Waals surface area contributed by atoms with E-state index in [9.17, 15) is 18.0 Å². The molecule has 1 aliphatic heterocycles. The third kappa shape index (κ3) is 4.95. The highest BCUT2D eigenvalue weighted by Gasteiger charge is 2.27. The van der Waals surface area contributed by atoms with Crippen molar-refractivity contribution in [3.8, 4) is 0 Å². The number of ether oxygens (including phenoxy) is 2. The van der Waals surface area contributed by atoms with Gasteiger partial charge in [0.2, 0.25) is 10.0 Å². The average Bonchev–Trinajstić information content (AvgIpc) is 3.25. The third-order valence-electron chi connectivity index (χ3n) is 6.38. The number of para-hydroxylation sites is 1. The SMILES string of the molecule is CCn1c2ccccc2c2cc(NC(=O)COC(=O)c3cccc(S(=O)(=O)N4CCOCC4)c3)ccc21. The molecule has 0 bridgehead atoms. The van der Waals surface area contributed by atoms with Crippen molar-refractivity contribution in [1.29, 1.82) is 0 Å². The maximum absolute atomic E-state index is 12.9. The number of carbonyl (C=O) groups is 2. The lowest BCUT2D eigenvalue weighted by Gasteiger charge is -2.26. The van der Waals surface area contributed by atoms with Crippen LogP contribution in [0.25, 0.3) is 21.8 Å². The zero-order valence-corrected chi connectivity index (χ0v) is 21.2. The van der Waals surface area contributed by atoms with Gasteiger partial charge in [-0.05, 0) is 49.4 Å². The smallest absolute Gasteiger partial charge is 0.338 e. The number of hydrogen-bond donors (Lipinski definition) is 1. The topological polar surface area (TPSA) is 107 Å². The Balaban J connectivity index is 1.26. The number of rotatable bonds is 7. The molecule has 192 valence electrons. The van der Waals surface area contributed by atoms with Crippen LogP contribution in [0.1, 0.15) is 17.3 Å². The van der Waals surface area contributed by atoms with Crippen molar-refractivity contribution < 1.29 is 27.5 Å². The number of sulfonamides is 1. The van der Waals surface area contributed by atoms with E-state index >= 15 is 0 Å². The number of benzene rings is 3. The van der Waals surface area contributed by atoms with Crippen LogP contribution in [0.15, 0.2) is 71.6 Å². The van der Waals surface area contributed by atoms with Gasteiger partial charge in [-0.15, -0.1) is 0 Å². The summed E-state index contributed by atoms with van der Waals surface area (Å²) in [5.74, 6) is -1.28. The standard InChI is InChI=1S/C27H27N3O6S/c1-2-30-24-9-4-3-8-22(24)23-17-20(10-11-25(23)30)28-26(31)18-36-27(32)19-6-5-7-21(16-19)37(33,34)29-12-14-35-15-13-29/h3-11,16-17H,2,12-15,18H2,1H3,(H,28,31). The van der Waals surface area contributed by atoms with Gasteiger partial charge in [0.05, 0.1) is 23.7 Å². The van der Waals surface area contributed by atoms with Crippen molar-refractivity contribution in [2.24, 2.45) is 0 Å². The maximum atomic E-state index is 12.9. The van der Waals surface area contributed by atoms with Crippen molar-refractivity contribution in [2.75, 3.05) is 38.2 Å². The minimum Gasteiger partial charge on any atom is -0.452 e. The fourth-order valence-corrected chi connectivity index (χ4v) is 6.06. The quantitative estimate of drug-likeness (QED) is 0.372. The van der Waals surface area contributed by atoms with Gasteiger partial charge < -0.3 is 19.4 Å². The summed E-state index contributed by atoms with van der Waals surface area (Å²) < 4.78 is 39.7. The minimum absolute atomic E-state index is 0.00662. The fraction of sp³-hybridized carbons (Fsp3) is 0.259. The normalized spacial score (nSPS) is 14.6. The Kier molecular flexibility index (Phi) is 6.96. The Hall–Kier alpha value is -3.73. The highest BCUT2D eigenvalue weighted by Crippen LogP contribution is 2.31. The van der Waals surface area contributed by atoms with Gasteiger partial charge in [0, 0.05) is 47.1 Å². The van der Waals surface area contributed by atoms with Crippen LogP contribution in [0.5, 0.6) is 0 Å². The Morgan fingerprint density at radius 1 is 0.946 bits per heavy atom. The molecule has 37 heavy (non-hydrogen) atoms. The molecule has 1 fully saturated rings. The van der Waals surface area contributed by atoms with Crippen molar-refractivity contribution in [1.82, 2.24) is 8.87 Å². The molecule has 3 aromatic carbocycles. The van der Waals surface area contributed by atoms with E-state index < -0.39 is 28.5 Å². The van der Waals surface area contributed by atoms with Crippen molar-refractivity contribution in [3.63, 3.8) is 0 Å². The molecule has 0 unspecified atom stereocenters. The number of carbonyl (C=O) groups excluding carboxylic acids is 2. The van der Waals surface area contributed by atoms with Crippen molar-refractivity contribution in [2.45, 2.75) is 18.4 Å². The van der Waals surface area contributed by atoms with Gasteiger partial charge in [-0.1, -0.05) is 24.3 Å². The second kappa shape index (κ2) is 10.3. The largest absolute Gasteiger partial charge is 0.452 e. The molecule has 2 heterocycles. The van der Waals surface area contributed by atoms with Gasteiger partial charge in [0.15, 0.2) is 6.61 Å². The summed E-state index contributed by atoms with van der Waals surface area (Å²) in [6, 6.07) is 19.4. The molecule has 10 heteroatoms. The number of aromatic nitrogens is 1. The van der Waals surface area contributed by atoms with Gasteiger partial charge in [-0.2, -0.15) is 4.31 Å². The molecule has 9 nitrogen and oxygen atoms in total. The predicted molar refractivity (Wildman–Crippen MR) is 140 cm³/mol. The highest BCUT2D eigenvalue weighted by molar-refractivity contribution is 7.89. The van der Waals surface area contributed by atoms with E-state index in [4.69, 9.17) is 9.47 Å². The predicted octanol–water partition coefficient (Wildman–Crippen LogP) is 3.63. The van der Waals surface area contributed by atoms with Gasteiger partial charge in [-0.3, -0.25) is 4.79 Å². The minimum atomic E-state index is -3.76. The molecule has 5 rings (SSSR count). The van der Waals surface area contributed by atoms with Crippen LogP contribution in [-0.2, 0) is 30.8 Å². The highest BCUT2D eigenvalue weighted by atomic mass is 32.2. The zero-order chi connectivity index (χ0) is 26.0. The Morgan fingerprint density at radius 3 is 2.49 bits per heavy atom. The third-order valence-corrected chi connectivity index (χ3v) is 8.28. The molecule has 0 saturated carbocycles. The molecule has 1 aliphatic rings. The van der Waals surface area contributed by atoms with Crippen molar-refractivity contribution >= 4 is 49.4 Å². The van der Waals surface area contributed by atoms with E-state index in [0.717, 1.165) is 28.4 Å². The first-order chi connectivity index (χ1) is 17.9. The molecule has 1 aromatic heterocycles. The second-order valence-electron chi connectivity index (χ2n) is 8.66. The summed E-state index contributed by atoms with van der Waals surface area (Å²) in [4.78, 5) is 25.1. The summed E-state index contributed by atoms with van der Waals surface area (Å²) in [7, 11) is -3.76. The van der Waals surface area contributed by atoms with Gasteiger partial charge in [0.1, 0.15) is 0 Å². The van der Waals surface area contributed by atoms with Gasteiger partial charge in [-0.25, -0.2) is 13.2 Å². The summed E-state index contributed by atoms with van der Waals surface area (Å²) in [6.45, 7) is 3.55. The van der Waals surface area contributed by atoms with E-state index in [2.05, 4.69) is 22.9 Å². The van der Waals surface area contributed by atoms with E-state index in [1.165, 1.54) is 28.6 Å². The zero-order valence-electron chi connectivity index (χ0n) is 20.3. The number of amides is 1. The van der Waals surface area contributed by atoms with Crippen LogP contribution < -0.4 is 5.32 Å². The van der Waals surface area contributed by atoms with E-state index in [0.29, 0.717) is 18.9 Å². The Morgan fingerprint density at radius 2 is 1.70 bits per heavy atom. The van der Waals surface area contributed by atoms with E-state index in [-0.39, 0.29) is 23.5 Å². The number of nitrogens with one attached hydrogen (secondary N) is 1. The summed E-state index contributed by atoms with van der Waals surface area (Å²) in [5, 5.41) is 4.88. The molecule has 1 saturated heterocycles. The molecular weight excluding hydrogens is 494 g/mol. The first kappa shape index (κ1) is 24.9. The fourth-order valence-electron chi connectivity index (χ4n) is 4.60. The van der Waals surface area contributed by atoms with E-state index in [1.807, 2.05) is 36.4 Å². The maximum Gasteiger partial charge on any atom is 0.338 e. The number of morpholine rings is 1. The molecule has 1 N–H and O–H groups in total. The molecule has 0 spiro atoms. The number of hydrogen-bond acceptors (Lipinski definition) is 6. The first-order valence-corrected chi connectivity index (χ1v) is 13.5. The molecule has 0 aliphatic carbocycles. The van der Waals surface area contributed by atoms with Crippen LogP contribution in [0.2, 0.25) is 0 Å². The lowest BCUT2D eigenvalue weighted by molar-refractivity contribution is -0.119. The lowest BCUT2D eigenvalue weighted by atomic mass is 10.1. The molecule has 1 amide bonds. The van der Waals surface area contributed by atoms with Crippen molar-refractivity contribution in [3.05, 3.63) is 72.3 Å². The molecule has 4 aromatic rings. The summed E-state index contributed by atoms with van der Waals surface area (Å²) in [5.41, 5.74) is 2.83. The van der Waals surface area contributed by atoms with Crippen LogP contribution >= 0.6 is 0 Å². The molecule has 0 atom stereocenters. The summed E-state index contributed by atoms with van der Waals surface area (Å²) in [6.07, 6.45) is 0. The number of fused-ring (bicyclic) bond motifs is 3. The monoisotopic (exact) mass is 521 g/mol. The van der Waals surface area contributed by atoms with Gasteiger partial charge >= 0.3 is 5.97 Å². The van der Waals surface area contributed by atoms with Gasteiger partial charge in [0.25, 0.3) is 5.91 Å². The van der Waals surface area contributed by atoms with Crippen LogP contribution in [0, 0.1) is 0 Å². The van der Waals surface area contributed by atoms with Crippen LogP contribution in [0.3, 0.4) is 0 Å². The van der Waals surface area contributed by atoms with Crippen LogP contribution in [0.4, 0.5) is 5.69 Å². The number of aryl methyl sites for hydroxylation is 1. The number of esters is 1. The number of nitrogens with zero attached hydrogens (tertiary/aromatic N) is 2. The molecule has 0 radical (unpaired) electrons.